The third-order valence-corrected chi connectivity index (χ3v) is 11.9. The van der Waals surface area contributed by atoms with Gasteiger partial charge in [0.05, 0.1) is 25.7 Å². The van der Waals surface area contributed by atoms with E-state index in [0.717, 1.165) is 27.2 Å². The highest BCUT2D eigenvalue weighted by molar-refractivity contribution is 5.97. The van der Waals surface area contributed by atoms with Gasteiger partial charge >= 0.3 is 11.9 Å². The van der Waals surface area contributed by atoms with Gasteiger partial charge in [-0.3, -0.25) is 43.2 Å². The Hall–Kier alpha value is -7.88. The number of fused-ring (bicyclic) bond motifs is 2. The summed E-state index contributed by atoms with van der Waals surface area (Å²) in [6, 6.07) is 13.1. The Labute approximate surface area is 428 Å². The largest absolute Gasteiger partial charge is 0.481 e. The van der Waals surface area contributed by atoms with Crippen molar-refractivity contribution in [3.8, 4) is 0 Å². The molecule has 1 aromatic heterocycles. The first kappa shape index (κ1) is 58.7. The Morgan fingerprint density at radius 3 is 1.69 bits per heavy atom. The fraction of sp³-hybridized carbons (Fsp3) is 0.462. The average Bonchev–Trinajstić information content (AvgIpc) is 3.75. The van der Waals surface area contributed by atoms with Crippen LogP contribution < -0.4 is 48.3 Å². The van der Waals surface area contributed by atoms with Gasteiger partial charge in [-0.1, -0.05) is 102 Å². The minimum Gasteiger partial charge on any atom is -0.481 e. The molecule has 1 heterocycles. The molecule has 0 aliphatic heterocycles. The molecule has 0 bridgehead atoms. The van der Waals surface area contributed by atoms with Gasteiger partial charge < -0.3 is 63.5 Å². The molecule has 0 aliphatic rings. The molecule has 3 aromatic carbocycles. The molecule has 0 saturated heterocycles. The van der Waals surface area contributed by atoms with Gasteiger partial charge in [-0.2, -0.15) is 0 Å². The minimum atomic E-state index is -1.52. The SMILES string of the molecule is CC(C)C[C@H](NC(=O)[C@H](CCC(=O)O)NC(=O)CNC(=O)CNC(=O)[C@H](CC(C)C)NC(=O)[C@@H](N)Cc1cccc2ccccc12)C(=O)N[C@@H](Cc1c[nH]c2ccccc12)C(=O)NCC(=O)N[C@H](C(=O)O)C(C)C. The molecule has 0 saturated carbocycles. The number of carbonyl (C=O) groups is 10. The summed E-state index contributed by atoms with van der Waals surface area (Å²) in [5, 5.41) is 41.6. The number of H-pyrrole nitrogens is 1. The molecule has 22 nitrogen and oxygen atoms in total. The maximum Gasteiger partial charge on any atom is 0.326 e. The van der Waals surface area contributed by atoms with Crippen LogP contribution in [0.25, 0.3) is 21.7 Å². The predicted octanol–water partition coefficient (Wildman–Crippen LogP) is 0.904. The van der Waals surface area contributed by atoms with Crippen molar-refractivity contribution >= 4 is 80.9 Å². The van der Waals surface area contributed by atoms with Crippen LogP contribution in [0.15, 0.2) is 72.9 Å². The first-order valence-electron chi connectivity index (χ1n) is 24.6. The van der Waals surface area contributed by atoms with Crippen LogP contribution in [0.4, 0.5) is 0 Å². The fourth-order valence-electron chi connectivity index (χ4n) is 8.10. The maximum absolute atomic E-state index is 14.1. The van der Waals surface area contributed by atoms with Gasteiger partial charge in [0.1, 0.15) is 30.2 Å². The molecular weight excluding hydrogens is 957 g/mol. The predicted molar refractivity (Wildman–Crippen MR) is 275 cm³/mol. The van der Waals surface area contributed by atoms with E-state index in [-0.39, 0.29) is 37.5 Å². The monoisotopic (exact) mass is 1030 g/mol. The van der Waals surface area contributed by atoms with Crippen molar-refractivity contribution < 1.29 is 58.2 Å². The molecule has 6 atom stereocenters. The summed E-state index contributed by atoms with van der Waals surface area (Å²) in [4.78, 5) is 133. The van der Waals surface area contributed by atoms with Crippen molar-refractivity contribution in [2.75, 3.05) is 19.6 Å². The highest BCUT2D eigenvalue weighted by Gasteiger charge is 2.32. The molecule has 0 aliphatic carbocycles. The molecule has 8 amide bonds. The van der Waals surface area contributed by atoms with Gasteiger partial charge in [0.25, 0.3) is 0 Å². The van der Waals surface area contributed by atoms with Gasteiger partial charge in [-0.05, 0) is 71.4 Å². The number of aromatic nitrogens is 1. The van der Waals surface area contributed by atoms with Crippen LogP contribution in [-0.2, 0) is 60.8 Å². The van der Waals surface area contributed by atoms with Crippen LogP contribution in [0.2, 0.25) is 0 Å². The number of amides is 8. The Balaban J connectivity index is 1.38. The quantitative estimate of drug-likeness (QED) is 0.0360. The topological polar surface area (TPSA) is 349 Å². The molecule has 0 radical (unpaired) electrons. The first-order valence-corrected chi connectivity index (χ1v) is 24.6. The summed E-state index contributed by atoms with van der Waals surface area (Å²) in [5.74, 6) is -9.58. The van der Waals surface area contributed by atoms with Crippen molar-refractivity contribution in [3.05, 3.63) is 84.1 Å². The van der Waals surface area contributed by atoms with Crippen molar-refractivity contribution in [2.24, 2.45) is 23.5 Å². The van der Waals surface area contributed by atoms with Gasteiger partial charge in [0, 0.05) is 29.9 Å². The standard InChI is InChI=1S/C52H70N10O12/c1-28(2)20-39(59-47(68)36(53)22-32-14-11-13-31-12-7-8-15-34(31)32)48(69)56-25-42(63)55-26-43(64)58-38(18-19-45(66)67)50(71)60-40(21-29(3)4)51(72)61-41(23-33-24-54-37-17-10-9-16-35(33)37)49(70)57-27-44(65)62-46(30(5)6)52(73)74/h7-17,24,28-30,36,38-41,46,54H,18-23,25-27,53H2,1-6H3,(H,55,63)(H,56,69)(H,57,70)(H,58,64)(H,59,68)(H,60,71)(H,61,72)(H,62,65)(H,66,67)(H,73,74)/t36-,38-,39-,40-,41-,46-/m0/s1. The normalized spacial score (nSPS) is 13.7. The third-order valence-electron chi connectivity index (χ3n) is 11.9. The molecule has 0 spiro atoms. The Morgan fingerprint density at radius 1 is 0.527 bits per heavy atom. The van der Waals surface area contributed by atoms with Gasteiger partial charge in [-0.25, -0.2) is 4.79 Å². The summed E-state index contributed by atoms with van der Waals surface area (Å²) < 4.78 is 0. The highest BCUT2D eigenvalue weighted by atomic mass is 16.4. The second-order valence-electron chi connectivity index (χ2n) is 19.3. The van der Waals surface area contributed by atoms with Crippen molar-refractivity contribution in [3.63, 3.8) is 0 Å². The Bertz CT molecular complexity index is 2640. The molecule has 4 aromatic rings. The number of carboxylic acid groups (broad SMARTS) is 2. The van der Waals surface area contributed by atoms with Crippen molar-refractivity contribution in [2.45, 2.75) is 116 Å². The number of aliphatic carboxylic acids is 2. The van der Waals surface area contributed by atoms with Crippen LogP contribution in [0.5, 0.6) is 0 Å². The number of benzene rings is 3. The van der Waals surface area contributed by atoms with E-state index in [0.29, 0.717) is 5.56 Å². The van der Waals surface area contributed by atoms with Crippen LogP contribution in [0.1, 0.15) is 78.4 Å². The number of nitrogens with two attached hydrogens (primary N) is 1. The Kier molecular flexibility index (Phi) is 22.5. The van der Waals surface area contributed by atoms with E-state index >= 15 is 0 Å². The van der Waals surface area contributed by atoms with Crippen LogP contribution in [-0.4, -0.2) is 130 Å². The smallest absolute Gasteiger partial charge is 0.326 e. The molecule has 13 N–H and O–H groups in total. The molecule has 22 heteroatoms. The first-order chi connectivity index (χ1) is 35.0. The van der Waals surface area contributed by atoms with E-state index in [4.69, 9.17) is 5.73 Å². The maximum atomic E-state index is 14.1. The Morgan fingerprint density at radius 2 is 1.05 bits per heavy atom. The van der Waals surface area contributed by atoms with Gasteiger partial charge in [0.15, 0.2) is 0 Å². The lowest BCUT2D eigenvalue weighted by atomic mass is 9.98. The number of nitrogens with one attached hydrogen (secondary N) is 9. The molecule has 4 rings (SSSR count). The second kappa shape index (κ2) is 28.4. The number of hydrogen-bond donors (Lipinski definition) is 12. The average molecular weight is 1030 g/mol. The van der Waals surface area contributed by atoms with Crippen molar-refractivity contribution in [1.82, 2.24) is 47.5 Å². The summed E-state index contributed by atoms with van der Waals surface area (Å²) in [6.45, 7) is 8.53. The molecule has 0 fully saturated rings. The number of hydrogen-bond acceptors (Lipinski definition) is 11. The lowest BCUT2D eigenvalue weighted by Gasteiger charge is -2.26. The zero-order valence-corrected chi connectivity index (χ0v) is 42.5. The summed E-state index contributed by atoms with van der Waals surface area (Å²) in [7, 11) is 0. The molecule has 0 unspecified atom stereocenters. The van der Waals surface area contributed by atoms with E-state index in [2.05, 4.69) is 47.5 Å². The minimum absolute atomic E-state index is 0.0220. The number of aromatic amines is 1. The number of carbonyl (C=O) groups excluding carboxylic acids is 8. The van der Waals surface area contributed by atoms with Gasteiger partial charge in [-0.15, -0.1) is 0 Å². The number of carboxylic acids is 2. The molecule has 400 valence electrons. The zero-order chi connectivity index (χ0) is 54.6. The lowest BCUT2D eigenvalue weighted by Crippen LogP contribution is -2.58. The molecule has 74 heavy (non-hydrogen) atoms. The van der Waals surface area contributed by atoms with Crippen LogP contribution in [0.3, 0.4) is 0 Å². The van der Waals surface area contributed by atoms with Crippen molar-refractivity contribution in [1.29, 1.82) is 0 Å². The van der Waals surface area contributed by atoms with E-state index < -0.39 is 134 Å². The lowest BCUT2D eigenvalue weighted by molar-refractivity contribution is -0.143. The van der Waals surface area contributed by atoms with Gasteiger partial charge in [0.2, 0.25) is 47.3 Å². The fourth-order valence-corrected chi connectivity index (χ4v) is 8.10. The zero-order valence-electron chi connectivity index (χ0n) is 42.5. The second-order valence-corrected chi connectivity index (χ2v) is 19.3. The van der Waals surface area contributed by atoms with E-state index in [1.165, 1.54) is 0 Å². The van der Waals surface area contributed by atoms with Crippen LogP contribution in [0, 0.1) is 17.8 Å². The number of para-hydroxylation sites is 1. The van der Waals surface area contributed by atoms with E-state index in [9.17, 15) is 58.2 Å². The summed E-state index contributed by atoms with van der Waals surface area (Å²) >= 11 is 0. The summed E-state index contributed by atoms with van der Waals surface area (Å²) in [5.41, 5.74) is 8.53. The third kappa shape index (κ3) is 18.6. The van der Waals surface area contributed by atoms with E-state index in [1.54, 1.807) is 52.1 Å². The summed E-state index contributed by atoms with van der Waals surface area (Å²) in [6.07, 6.45) is 1.02. The highest BCUT2D eigenvalue weighted by Crippen LogP contribution is 2.21. The number of rotatable bonds is 29. The van der Waals surface area contributed by atoms with E-state index in [1.807, 2.05) is 62.4 Å². The molecular formula is C52H70N10O12. The van der Waals surface area contributed by atoms with Crippen LogP contribution >= 0.6 is 0 Å².